The van der Waals surface area contributed by atoms with Gasteiger partial charge < -0.3 is 0 Å². The molecule has 0 aromatic carbocycles. The topological polar surface area (TPSA) is 18.5 Å². The molecule has 0 saturated carbocycles. The molecule has 0 heterocycles. The van der Waals surface area contributed by atoms with Crippen molar-refractivity contribution in [3.63, 3.8) is 0 Å². The fourth-order valence-corrected chi connectivity index (χ4v) is 0.722. The van der Waals surface area contributed by atoms with Crippen LogP contribution in [0, 0.1) is 0 Å². The molecule has 0 N–H and O–H groups in total. The summed E-state index contributed by atoms with van der Waals surface area (Å²) < 4.78 is 74.9. The number of alkyl halides is 6. The van der Waals surface area contributed by atoms with Gasteiger partial charge in [-0.25, -0.2) is 0 Å². The van der Waals surface area contributed by atoms with Gasteiger partial charge in [0.15, 0.2) is 6.79 Å². The van der Waals surface area contributed by atoms with Crippen LogP contribution < -0.4 is 0 Å². The maximum absolute atomic E-state index is 11.3. The van der Waals surface area contributed by atoms with Gasteiger partial charge in [0.1, 0.15) is 24.1 Å². The van der Waals surface area contributed by atoms with Gasteiger partial charge >= 0.3 is 11.0 Å². The molecule has 0 saturated heterocycles. The maximum Gasteiger partial charge on any atom is 0.468 e. The second-order valence-corrected chi connectivity index (χ2v) is 3.14. The van der Waals surface area contributed by atoms with Crippen LogP contribution in [0.25, 0.3) is 0 Å². The summed E-state index contributed by atoms with van der Waals surface area (Å²) in [7, 11) is 0. The van der Waals surface area contributed by atoms with Gasteiger partial charge in [-0.15, -0.1) is 0 Å². The highest BCUT2D eigenvalue weighted by Crippen LogP contribution is 2.33. The number of rotatable bonds is 4. The minimum atomic E-state index is -4.65. The highest BCUT2D eigenvalue weighted by Gasteiger charge is 2.32. The summed E-state index contributed by atoms with van der Waals surface area (Å²) in [5.74, 6) is 0. The van der Waals surface area contributed by atoms with E-state index in [2.05, 4.69) is 8.37 Å². The monoisotopic (exact) mass is 248 g/mol. The van der Waals surface area contributed by atoms with E-state index in [-0.39, 0.29) is 0 Å². The molecule has 0 unspecified atom stereocenters. The lowest BCUT2D eigenvalue weighted by atomic mass is 11.5. The Balaban J connectivity index is 3.28. The summed E-state index contributed by atoms with van der Waals surface area (Å²) in [6.45, 7) is -1.10. The van der Waals surface area contributed by atoms with Gasteiger partial charge in [0, 0.05) is 0 Å². The first-order valence-electron chi connectivity index (χ1n) is 2.45. The van der Waals surface area contributed by atoms with Crippen LogP contribution in [0.5, 0.6) is 0 Å². The quantitative estimate of drug-likeness (QED) is 0.328. The van der Waals surface area contributed by atoms with Crippen molar-refractivity contribution in [2.75, 3.05) is 6.79 Å². The minimum Gasteiger partial charge on any atom is -0.278 e. The average molecular weight is 248 g/mol. The molecule has 0 aliphatic carbocycles. The Labute approximate surface area is 77.4 Å². The van der Waals surface area contributed by atoms with E-state index >= 15 is 0 Å². The summed E-state index contributed by atoms with van der Waals surface area (Å²) in [6, 6.07) is 0. The van der Waals surface area contributed by atoms with Crippen molar-refractivity contribution in [1.82, 2.24) is 0 Å². The largest absolute Gasteiger partial charge is 0.468 e. The lowest BCUT2D eigenvalue weighted by Crippen LogP contribution is -2.05. The van der Waals surface area contributed by atoms with Gasteiger partial charge in [0.25, 0.3) is 0 Å². The lowest BCUT2D eigenvalue weighted by Gasteiger charge is -2.06. The maximum atomic E-state index is 11.3. The van der Waals surface area contributed by atoms with Crippen molar-refractivity contribution < 1.29 is 34.7 Å². The van der Waals surface area contributed by atoms with Crippen LogP contribution in [0.3, 0.4) is 0 Å². The van der Waals surface area contributed by atoms with Crippen LogP contribution in [0.2, 0.25) is 0 Å². The number of hydrogen-bond acceptors (Lipinski definition) is 4. The molecule has 2 nitrogen and oxygen atoms in total. The Morgan fingerprint density at radius 3 is 1.31 bits per heavy atom. The molecule has 0 aromatic heterocycles. The Bertz CT molecular complexity index is 128. The SMILES string of the molecule is FC(F)(F)SOCOSC(F)(F)F. The zero-order valence-electron chi connectivity index (χ0n) is 5.61. The van der Waals surface area contributed by atoms with Crippen molar-refractivity contribution >= 4 is 24.1 Å². The fourth-order valence-electron chi connectivity index (χ4n) is 0.201. The molecule has 0 aromatic rings. The summed E-state index contributed by atoms with van der Waals surface area (Å²) in [4.78, 5) is 0. The molecule has 0 radical (unpaired) electrons. The standard InChI is InChI=1S/C3H2F6O2S2/c4-2(5,6)12-10-1-11-13-3(7,8)9/h1H2. The molecule has 80 valence electrons. The second kappa shape index (κ2) is 5.17. The van der Waals surface area contributed by atoms with E-state index < -0.39 is 41.9 Å². The van der Waals surface area contributed by atoms with Crippen molar-refractivity contribution in [2.24, 2.45) is 0 Å². The molecule has 0 spiro atoms. The van der Waals surface area contributed by atoms with Crippen LogP contribution in [-0.4, -0.2) is 17.8 Å². The Kier molecular flexibility index (Phi) is 5.25. The van der Waals surface area contributed by atoms with E-state index in [1.165, 1.54) is 0 Å². The normalized spacial score (nSPS) is 13.4. The molecule has 0 amide bonds. The van der Waals surface area contributed by atoms with Crippen molar-refractivity contribution in [3.8, 4) is 0 Å². The van der Waals surface area contributed by atoms with Crippen molar-refractivity contribution in [2.45, 2.75) is 11.0 Å². The first-order valence-corrected chi connectivity index (χ1v) is 3.94. The molecule has 0 aliphatic rings. The van der Waals surface area contributed by atoms with Crippen molar-refractivity contribution in [3.05, 3.63) is 0 Å². The number of hydrogen-bond donors (Lipinski definition) is 0. The van der Waals surface area contributed by atoms with Crippen molar-refractivity contribution in [1.29, 1.82) is 0 Å². The van der Waals surface area contributed by atoms with Crippen LogP contribution in [0.15, 0.2) is 0 Å². The van der Waals surface area contributed by atoms with Crippen LogP contribution in [-0.2, 0) is 8.37 Å². The molecular formula is C3H2F6O2S2. The first kappa shape index (κ1) is 13.2. The predicted molar refractivity (Wildman–Crippen MR) is 34.3 cm³/mol. The third-order valence-electron chi connectivity index (χ3n) is 0.403. The van der Waals surface area contributed by atoms with Gasteiger partial charge in [-0.1, -0.05) is 0 Å². The highest BCUT2D eigenvalue weighted by molar-refractivity contribution is 7.96. The summed E-state index contributed by atoms with van der Waals surface area (Å²) in [5, 5.41) is 0. The average Bonchev–Trinajstić information content (AvgIpc) is 1.81. The lowest BCUT2D eigenvalue weighted by molar-refractivity contribution is -0.0479. The Morgan fingerprint density at radius 2 is 1.08 bits per heavy atom. The zero-order valence-corrected chi connectivity index (χ0v) is 7.24. The summed E-state index contributed by atoms with van der Waals surface area (Å²) in [5.41, 5.74) is -9.29. The van der Waals surface area contributed by atoms with E-state index in [1.54, 1.807) is 0 Å². The Morgan fingerprint density at radius 1 is 0.769 bits per heavy atom. The predicted octanol–water partition coefficient (Wildman–Crippen LogP) is 3.31. The second-order valence-electron chi connectivity index (χ2n) is 1.41. The molecule has 0 rings (SSSR count). The van der Waals surface area contributed by atoms with Crippen LogP contribution in [0.4, 0.5) is 26.3 Å². The van der Waals surface area contributed by atoms with E-state index in [1.807, 2.05) is 0 Å². The smallest absolute Gasteiger partial charge is 0.278 e. The fraction of sp³-hybridized carbons (Fsp3) is 1.00. The summed E-state index contributed by atoms with van der Waals surface area (Å²) >= 11 is -1.84. The summed E-state index contributed by atoms with van der Waals surface area (Å²) in [6.07, 6.45) is 0. The van der Waals surface area contributed by atoms with E-state index in [0.29, 0.717) is 0 Å². The third-order valence-corrected chi connectivity index (χ3v) is 1.21. The van der Waals surface area contributed by atoms with Gasteiger partial charge in [-0.05, 0) is 0 Å². The zero-order chi connectivity index (χ0) is 10.5. The van der Waals surface area contributed by atoms with Crippen LogP contribution >= 0.6 is 24.1 Å². The first-order chi connectivity index (χ1) is 5.71. The highest BCUT2D eigenvalue weighted by atomic mass is 32.2. The van der Waals surface area contributed by atoms with Crippen LogP contribution in [0.1, 0.15) is 0 Å². The molecule has 10 heteroatoms. The molecule has 0 fully saturated rings. The molecular weight excluding hydrogens is 246 g/mol. The van der Waals surface area contributed by atoms with Gasteiger partial charge in [0.05, 0.1) is 0 Å². The van der Waals surface area contributed by atoms with E-state index in [4.69, 9.17) is 0 Å². The van der Waals surface area contributed by atoms with E-state index in [9.17, 15) is 26.3 Å². The van der Waals surface area contributed by atoms with Gasteiger partial charge in [0.2, 0.25) is 0 Å². The number of halogens is 6. The minimum absolute atomic E-state index is 0.922. The third kappa shape index (κ3) is 12.2. The molecule has 0 bridgehead atoms. The Hall–Kier alpha value is 0.200. The van der Waals surface area contributed by atoms with E-state index in [0.717, 1.165) is 0 Å². The molecule has 0 atom stereocenters. The molecule has 0 aliphatic heterocycles. The van der Waals surface area contributed by atoms with Gasteiger partial charge in [-0.2, -0.15) is 26.3 Å². The molecule has 13 heavy (non-hydrogen) atoms. The van der Waals surface area contributed by atoms with Gasteiger partial charge in [-0.3, -0.25) is 8.37 Å².